The maximum Gasteiger partial charge on any atom is 0.267 e. The third-order valence-electron chi connectivity index (χ3n) is 9.86. The second kappa shape index (κ2) is 16.1. The van der Waals surface area contributed by atoms with Crippen LogP contribution in [-0.4, -0.2) is 55.4 Å². The summed E-state index contributed by atoms with van der Waals surface area (Å²) in [6.07, 6.45) is 7.30. The van der Waals surface area contributed by atoms with Gasteiger partial charge >= 0.3 is 0 Å². The number of carbonyl (C=O) groups is 3. The van der Waals surface area contributed by atoms with E-state index in [1.165, 1.54) is 67.5 Å². The summed E-state index contributed by atoms with van der Waals surface area (Å²) in [5, 5.41) is 18.0. The number of hydrogen-bond acceptors (Lipinski definition) is 11. The molecule has 2 aliphatic carbocycles. The predicted octanol–water partition coefficient (Wildman–Crippen LogP) is 5.14. The smallest absolute Gasteiger partial charge is 0.267 e. The molecule has 7 rings (SSSR count). The molecule has 1 aromatic carbocycles. The highest BCUT2D eigenvalue weighted by Crippen LogP contribution is 2.48. The number of rotatable bonds is 7. The first-order valence-corrected chi connectivity index (χ1v) is 19.0. The molecule has 0 spiro atoms. The summed E-state index contributed by atoms with van der Waals surface area (Å²) < 4.78 is 12.3. The summed E-state index contributed by atoms with van der Waals surface area (Å²) in [6, 6.07) is 13.0. The van der Waals surface area contributed by atoms with Crippen LogP contribution in [-0.2, 0) is 14.3 Å². The number of carbonyl (C=O) groups excluding carboxylic acids is 3. The van der Waals surface area contributed by atoms with Crippen LogP contribution in [0.1, 0.15) is 104 Å². The number of aromatic nitrogens is 2. The highest BCUT2D eigenvalue weighted by Gasteiger charge is 2.46. The Bertz CT molecular complexity index is 1900. The lowest BCUT2D eigenvalue weighted by molar-refractivity contribution is -0.121. The van der Waals surface area contributed by atoms with Crippen LogP contribution in [0.25, 0.3) is 0 Å². The van der Waals surface area contributed by atoms with E-state index in [9.17, 15) is 23.9 Å². The van der Waals surface area contributed by atoms with Crippen LogP contribution < -0.4 is 22.1 Å². The van der Waals surface area contributed by atoms with Gasteiger partial charge in [-0.2, -0.15) is 0 Å². The number of aliphatic hydroxyl groups excluding tert-OH is 1. The van der Waals surface area contributed by atoms with Gasteiger partial charge < -0.3 is 27.2 Å². The number of nitrogens with one attached hydrogen (secondary N) is 2. The van der Waals surface area contributed by atoms with Crippen LogP contribution in [0.15, 0.2) is 70.9 Å². The molecule has 52 heavy (non-hydrogen) atoms. The van der Waals surface area contributed by atoms with E-state index in [1.807, 2.05) is 20.8 Å². The molecule has 3 amide bonds. The maximum absolute atomic E-state index is 13.9. The molecule has 3 fully saturated rings. The van der Waals surface area contributed by atoms with Crippen LogP contribution in [0.3, 0.4) is 0 Å². The molecular weight excluding hydrogens is 704 g/mol. The van der Waals surface area contributed by atoms with E-state index in [0.29, 0.717) is 22.3 Å². The van der Waals surface area contributed by atoms with Crippen LogP contribution in [0.5, 0.6) is 0 Å². The van der Waals surface area contributed by atoms with Crippen molar-refractivity contribution in [3.63, 3.8) is 0 Å². The average Bonchev–Trinajstić information content (AvgIpc) is 3.90. The zero-order chi connectivity index (χ0) is 37.8. The number of nitrogens with two attached hydrogens (primary N) is 2. The number of aliphatic hydroxyl groups is 1. The quantitative estimate of drug-likeness (QED) is 0.217. The van der Waals surface area contributed by atoms with Crippen LogP contribution in [0.4, 0.5) is 4.39 Å². The second-order valence-electron chi connectivity index (χ2n) is 13.3. The van der Waals surface area contributed by atoms with E-state index in [4.69, 9.17) is 11.5 Å². The Balaban J connectivity index is 0.000000192. The fourth-order valence-corrected chi connectivity index (χ4v) is 9.19. The monoisotopic (exact) mass is 748 g/mol. The van der Waals surface area contributed by atoms with Gasteiger partial charge in [-0.05, 0) is 93.3 Å². The number of halogens is 1. The molecule has 4 heterocycles. The SMILES string of the molecule is CC.CC(N=C1NC(=O)C(C)(c2ccnc(C(N)=O)c2)S1)c1ccccc1F.CC1(c2ccnc(C(N)=O)c2)SC(NC2CC3CCC2C3)=NC1O. The van der Waals surface area contributed by atoms with Gasteiger partial charge in [-0.15, -0.1) is 0 Å². The van der Waals surface area contributed by atoms with Gasteiger partial charge in [-0.1, -0.05) is 62.0 Å². The number of aliphatic imine (C=N–C) groups is 2. The third kappa shape index (κ3) is 8.16. The van der Waals surface area contributed by atoms with Crippen LogP contribution >= 0.6 is 23.5 Å². The van der Waals surface area contributed by atoms with Crippen molar-refractivity contribution in [1.82, 2.24) is 20.6 Å². The molecule has 1 saturated heterocycles. The molecule has 2 bridgehead atoms. The number of hydrogen-bond donors (Lipinski definition) is 5. The van der Waals surface area contributed by atoms with E-state index >= 15 is 0 Å². The molecule has 2 aliphatic heterocycles. The minimum atomic E-state index is -0.985. The van der Waals surface area contributed by atoms with Gasteiger partial charge in [0.15, 0.2) is 16.6 Å². The second-order valence-corrected chi connectivity index (χ2v) is 16.1. The lowest BCUT2D eigenvalue weighted by atomic mass is 9.96. The first kappa shape index (κ1) is 38.9. The summed E-state index contributed by atoms with van der Waals surface area (Å²) in [7, 11) is 0. The molecule has 12 nitrogen and oxygen atoms in total. The average molecular weight is 749 g/mol. The summed E-state index contributed by atoms with van der Waals surface area (Å²) in [6.45, 7) is 9.41. The summed E-state index contributed by atoms with van der Waals surface area (Å²) in [5.74, 6) is -0.260. The molecule has 15 heteroatoms. The number of amidine groups is 2. The number of nitrogens with zero attached hydrogens (tertiary/aromatic N) is 4. The zero-order valence-electron chi connectivity index (χ0n) is 29.8. The standard InChI is InChI=1S/C18H17FN4O2S.C17H22N4O2S.C2H6/c1-10(12-5-3-4-6-13(12)19)22-17-23-16(25)18(2,26-17)11-7-8-21-14(9-11)15(20)24;1-17(11-4-5-19-13(8-11)14(18)22)15(23)21-16(24-17)20-12-7-9-2-3-10(12)6-9;1-2/h3-10H,1-2H3,(H2,20,24)(H,22,23,25);4-5,8-10,12,15,23H,2-3,6-7H2,1H3,(H2,18,22)(H,20,21);1-2H3. The molecule has 7 atom stereocenters. The van der Waals surface area contributed by atoms with Crippen molar-refractivity contribution >= 4 is 51.6 Å². The number of thioether (sulfide) groups is 2. The Morgan fingerprint density at radius 3 is 2.23 bits per heavy atom. The number of amides is 3. The molecule has 2 saturated carbocycles. The Labute approximate surface area is 311 Å². The molecular formula is C37H45FN8O4S2. The number of benzene rings is 1. The van der Waals surface area contributed by atoms with E-state index in [-0.39, 0.29) is 23.1 Å². The first-order valence-electron chi connectivity index (χ1n) is 17.3. The third-order valence-corrected chi connectivity index (χ3v) is 12.4. The van der Waals surface area contributed by atoms with Gasteiger partial charge in [0.25, 0.3) is 11.8 Å². The fourth-order valence-electron chi connectivity index (χ4n) is 6.89. The van der Waals surface area contributed by atoms with Gasteiger partial charge in [0, 0.05) is 24.0 Å². The van der Waals surface area contributed by atoms with E-state index in [2.05, 4.69) is 30.6 Å². The minimum absolute atomic E-state index is 0.0854. The fraction of sp³-hybridized carbons (Fsp3) is 0.432. The van der Waals surface area contributed by atoms with E-state index in [0.717, 1.165) is 22.6 Å². The van der Waals surface area contributed by atoms with Crippen molar-refractivity contribution in [1.29, 1.82) is 0 Å². The Morgan fingerprint density at radius 1 is 1.00 bits per heavy atom. The van der Waals surface area contributed by atoms with E-state index in [1.54, 1.807) is 56.4 Å². The number of primary amides is 2. The van der Waals surface area contributed by atoms with Gasteiger partial charge in [0.05, 0.1) is 10.8 Å². The highest BCUT2D eigenvalue weighted by atomic mass is 32.2. The minimum Gasteiger partial charge on any atom is -0.370 e. The Kier molecular flexibility index (Phi) is 12.1. The van der Waals surface area contributed by atoms with Crippen molar-refractivity contribution in [2.75, 3.05) is 0 Å². The molecule has 4 aliphatic rings. The number of pyridine rings is 2. The van der Waals surface area contributed by atoms with Gasteiger partial charge in [-0.25, -0.2) is 9.38 Å². The Hall–Kier alpha value is -4.34. The predicted molar refractivity (Wildman–Crippen MR) is 203 cm³/mol. The van der Waals surface area contributed by atoms with Crippen LogP contribution in [0, 0.1) is 17.7 Å². The molecule has 3 aromatic rings. The largest absolute Gasteiger partial charge is 0.370 e. The highest BCUT2D eigenvalue weighted by molar-refractivity contribution is 8.16. The summed E-state index contributed by atoms with van der Waals surface area (Å²) in [4.78, 5) is 52.0. The van der Waals surface area contributed by atoms with Crippen molar-refractivity contribution in [2.45, 2.75) is 88.1 Å². The van der Waals surface area contributed by atoms with Gasteiger partial charge in [-0.3, -0.25) is 29.3 Å². The van der Waals surface area contributed by atoms with Crippen molar-refractivity contribution in [3.8, 4) is 0 Å². The summed E-state index contributed by atoms with van der Waals surface area (Å²) >= 11 is 2.73. The Morgan fingerprint density at radius 2 is 1.63 bits per heavy atom. The molecule has 276 valence electrons. The summed E-state index contributed by atoms with van der Waals surface area (Å²) in [5.41, 5.74) is 12.7. The molecule has 2 aromatic heterocycles. The van der Waals surface area contributed by atoms with Gasteiger partial charge in [0.1, 0.15) is 22.0 Å². The maximum atomic E-state index is 13.9. The lowest BCUT2D eigenvalue weighted by Gasteiger charge is -2.27. The van der Waals surface area contributed by atoms with Crippen molar-refractivity contribution < 1.29 is 23.9 Å². The van der Waals surface area contributed by atoms with E-state index < -0.39 is 33.6 Å². The lowest BCUT2D eigenvalue weighted by Crippen LogP contribution is -2.37. The molecule has 7 unspecified atom stereocenters. The normalized spacial score (nSPS) is 28.6. The molecule has 7 N–H and O–H groups in total. The van der Waals surface area contributed by atoms with Crippen molar-refractivity contribution in [2.24, 2.45) is 33.3 Å². The zero-order valence-corrected chi connectivity index (χ0v) is 31.4. The first-order chi connectivity index (χ1) is 24.8. The van der Waals surface area contributed by atoms with Gasteiger partial charge in [0.2, 0.25) is 5.91 Å². The van der Waals surface area contributed by atoms with Crippen molar-refractivity contribution in [3.05, 3.63) is 94.8 Å². The number of fused-ring (bicyclic) bond motifs is 2. The molecule has 0 radical (unpaired) electrons. The van der Waals surface area contributed by atoms with Crippen LogP contribution in [0.2, 0.25) is 0 Å². The topological polar surface area (TPSA) is 198 Å².